The number of nitrogens with one attached hydrogen (secondary N) is 2. The van der Waals surface area contributed by atoms with Crippen molar-refractivity contribution in [2.45, 2.75) is 19.4 Å². The molecule has 0 spiro atoms. The number of hydrogen-bond donors (Lipinski definition) is 3. The van der Waals surface area contributed by atoms with Crippen LogP contribution in [0.4, 0.5) is 5.69 Å². The third-order valence-electron chi connectivity index (χ3n) is 3.44. The molecule has 1 atom stereocenters. The normalized spacial score (nSPS) is 11.6. The molecule has 0 saturated carbocycles. The summed E-state index contributed by atoms with van der Waals surface area (Å²) in [4.78, 5) is 23.8. The third-order valence-corrected chi connectivity index (χ3v) is 4.14. The average molecular weight is 348 g/mol. The molecule has 3 N–H and O–H groups in total. The van der Waals surface area contributed by atoms with E-state index in [9.17, 15) is 14.7 Å². The Labute approximate surface area is 144 Å². The summed E-state index contributed by atoms with van der Waals surface area (Å²) >= 11 is 1.50. The Morgan fingerprint density at radius 3 is 2.75 bits per heavy atom. The molecule has 7 heteroatoms. The van der Waals surface area contributed by atoms with Gasteiger partial charge in [-0.3, -0.25) is 9.59 Å². The van der Waals surface area contributed by atoms with Crippen LogP contribution in [0.25, 0.3) is 0 Å². The Morgan fingerprint density at radius 1 is 1.29 bits per heavy atom. The van der Waals surface area contributed by atoms with Crippen molar-refractivity contribution < 1.29 is 19.4 Å². The number of aliphatic hydroxyl groups is 1. The van der Waals surface area contributed by atoms with Gasteiger partial charge in [-0.1, -0.05) is 6.07 Å². The van der Waals surface area contributed by atoms with Crippen molar-refractivity contribution in [2.75, 3.05) is 19.0 Å². The molecule has 1 aromatic heterocycles. The molecular formula is C17H20N2O4S. The molecule has 2 aromatic rings. The lowest BCUT2D eigenvalue weighted by Gasteiger charge is -2.12. The summed E-state index contributed by atoms with van der Waals surface area (Å²) in [6, 6.07) is 7.12. The molecule has 0 saturated heterocycles. The molecule has 0 radical (unpaired) electrons. The van der Waals surface area contributed by atoms with E-state index < -0.39 is 17.9 Å². The molecular weight excluding hydrogens is 328 g/mol. The minimum absolute atomic E-state index is 0.203. The summed E-state index contributed by atoms with van der Waals surface area (Å²) in [6.45, 7) is 2.08. The summed E-state index contributed by atoms with van der Waals surface area (Å²) in [7, 11) is 1.49. The summed E-state index contributed by atoms with van der Waals surface area (Å²) < 4.78 is 5.16. The van der Waals surface area contributed by atoms with Crippen molar-refractivity contribution in [3.8, 4) is 5.75 Å². The smallest absolute Gasteiger partial charge is 0.313 e. The van der Waals surface area contributed by atoms with Crippen molar-refractivity contribution in [3.63, 3.8) is 0 Å². The fourth-order valence-electron chi connectivity index (χ4n) is 2.13. The number of benzene rings is 1. The van der Waals surface area contributed by atoms with E-state index in [4.69, 9.17) is 4.74 Å². The number of aliphatic hydroxyl groups excluding tert-OH is 1. The Balaban J connectivity index is 1.84. The number of hydrogen-bond acceptors (Lipinski definition) is 5. The maximum absolute atomic E-state index is 12.0. The van der Waals surface area contributed by atoms with Gasteiger partial charge in [0, 0.05) is 6.54 Å². The Kier molecular flexibility index (Phi) is 6.34. The van der Waals surface area contributed by atoms with Gasteiger partial charge >= 0.3 is 11.8 Å². The van der Waals surface area contributed by atoms with Gasteiger partial charge in [0.1, 0.15) is 5.75 Å². The van der Waals surface area contributed by atoms with E-state index in [0.29, 0.717) is 17.9 Å². The van der Waals surface area contributed by atoms with Gasteiger partial charge in [-0.15, -0.1) is 0 Å². The van der Waals surface area contributed by atoms with Crippen LogP contribution in [-0.4, -0.2) is 30.6 Å². The fraction of sp³-hybridized carbons (Fsp3) is 0.294. The molecule has 2 amide bonds. The molecule has 1 heterocycles. The number of carbonyl (C=O) groups excluding carboxylic acids is 2. The highest BCUT2D eigenvalue weighted by Crippen LogP contribution is 2.25. The van der Waals surface area contributed by atoms with Gasteiger partial charge in [0.2, 0.25) is 0 Å². The number of ether oxygens (including phenoxy) is 1. The lowest BCUT2D eigenvalue weighted by molar-refractivity contribution is -0.136. The fourth-order valence-corrected chi connectivity index (χ4v) is 2.84. The second-order valence-electron chi connectivity index (χ2n) is 5.27. The van der Waals surface area contributed by atoms with Crippen molar-refractivity contribution in [1.29, 1.82) is 0 Å². The molecule has 0 aliphatic carbocycles. The minimum Gasteiger partial charge on any atom is -0.495 e. The zero-order valence-corrected chi connectivity index (χ0v) is 14.4. The molecule has 2 rings (SSSR count). The predicted octanol–water partition coefficient (Wildman–Crippen LogP) is 2.24. The van der Waals surface area contributed by atoms with Gasteiger partial charge in [0.05, 0.1) is 18.9 Å². The van der Waals surface area contributed by atoms with Crippen LogP contribution in [0, 0.1) is 6.92 Å². The lowest BCUT2D eigenvalue weighted by Crippen LogP contribution is -2.36. The Morgan fingerprint density at radius 2 is 2.08 bits per heavy atom. The molecule has 0 aliphatic rings. The highest BCUT2D eigenvalue weighted by molar-refractivity contribution is 7.07. The molecule has 1 aromatic carbocycles. The number of carbonyl (C=O) groups is 2. The standard InChI is InChI=1S/C17H20N2O4S/c1-11-3-4-15(23-2)13(9-11)19-17(22)16(21)18-7-5-14(20)12-6-8-24-10-12/h3-4,6,8-10,14,20H,5,7H2,1-2H3,(H,18,21)(H,19,22). The van der Waals surface area contributed by atoms with E-state index in [-0.39, 0.29) is 6.54 Å². The van der Waals surface area contributed by atoms with Crippen molar-refractivity contribution >= 4 is 28.8 Å². The largest absolute Gasteiger partial charge is 0.495 e. The second-order valence-corrected chi connectivity index (χ2v) is 6.05. The number of aryl methyl sites for hydroxylation is 1. The summed E-state index contributed by atoms with van der Waals surface area (Å²) in [5, 5.41) is 18.7. The van der Waals surface area contributed by atoms with Crippen LogP contribution >= 0.6 is 11.3 Å². The summed E-state index contributed by atoms with van der Waals surface area (Å²) in [6.07, 6.45) is -0.319. The number of methoxy groups -OCH3 is 1. The maximum atomic E-state index is 12.0. The zero-order chi connectivity index (χ0) is 17.5. The lowest BCUT2D eigenvalue weighted by atomic mass is 10.1. The Hall–Kier alpha value is -2.38. The molecule has 6 nitrogen and oxygen atoms in total. The van der Waals surface area contributed by atoms with Gasteiger partial charge in [0.15, 0.2) is 0 Å². The molecule has 0 bridgehead atoms. The first-order valence-electron chi connectivity index (χ1n) is 7.45. The number of rotatable bonds is 6. The summed E-state index contributed by atoms with van der Waals surface area (Å²) in [5.41, 5.74) is 2.18. The zero-order valence-electron chi connectivity index (χ0n) is 13.5. The van der Waals surface area contributed by atoms with Crippen molar-refractivity contribution in [1.82, 2.24) is 5.32 Å². The van der Waals surface area contributed by atoms with Crippen molar-refractivity contribution in [2.24, 2.45) is 0 Å². The van der Waals surface area contributed by atoms with Crippen LogP contribution in [0.1, 0.15) is 23.7 Å². The average Bonchev–Trinajstić information content (AvgIpc) is 3.09. The first-order valence-corrected chi connectivity index (χ1v) is 8.39. The van der Waals surface area contributed by atoms with E-state index >= 15 is 0 Å². The SMILES string of the molecule is COc1ccc(C)cc1NC(=O)C(=O)NCCC(O)c1ccsc1. The number of amides is 2. The van der Waals surface area contributed by atoms with Gasteiger partial charge < -0.3 is 20.5 Å². The topological polar surface area (TPSA) is 87.7 Å². The molecule has 0 fully saturated rings. The van der Waals surface area contributed by atoms with E-state index in [0.717, 1.165) is 11.1 Å². The van der Waals surface area contributed by atoms with Crippen LogP contribution in [-0.2, 0) is 9.59 Å². The predicted molar refractivity (Wildman–Crippen MR) is 93.3 cm³/mol. The van der Waals surface area contributed by atoms with Crippen LogP contribution in [0.15, 0.2) is 35.0 Å². The van der Waals surface area contributed by atoms with Crippen LogP contribution in [0.2, 0.25) is 0 Å². The first kappa shape index (κ1) is 18.0. The highest BCUT2D eigenvalue weighted by Gasteiger charge is 2.16. The van der Waals surface area contributed by atoms with Crippen molar-refractivity contribution in [3.05, 3.63) is 46.2 Å². The Bertz CT molecular complexity index is 701. The first-order chi connectivity index (χ1) is 11.5. The minimum atomic E-state index is -0.774. The van der Waals surface area contributed by atoms with Gasteiger partial charge in [0.25, 0.3) is 0 Å². The monoisotopic (exact) mass is 348 g/mol. The van der Waals surface area contributed by atoms with E-state index in [1.54, 1.807) is 12.1 Å². The van der Waals surface area contributed by atoms with E-state index in [1.165, 1.54) is 18.4 Å². The third kappa shape index (κ3) is 4.81. The summed E-state index contributed by atoms with van der Waals surface area (Å²) in [5.74, 6) is -1.05. The molecule has 1 unspecified atom stereocenters. The van der Waals surface area contributed by atoms with E-state index in [2.05, 4.69) is 10.6 Å². The number of anilines is 1. The van der Waals surface area contributed by atoms with Crippen LogP contribution in [0.3, 0.4) is 0 Å². The van der Waals surface area contributed by atoms with Crippen LogP contribution < -0.4 is 15.4 Å². The maximum Gasteiger partial charge on any atom is 0.313 e. The van der Waals surface area contributed by atoms with Gasteiger partial charge in [-0.2, -0.15) is 11.3 Å². The molecule has 24 heavy (non-hydrogen) atoms. The molecule has 0 aliphatic heterocycles. The number of thiophene rings is 1. The highest BCUT2D eigenvalue weighted by atomic mass is 32.1. The van der Waals surface area contributed by atoms with Gasteiger partial charge in [-0.25, -0.2) is 0 Å². The van der Waals surface area contributed by atoms with Crippen LogP contribution in [0.5, 0.6) is 5.75 Å². The molecule has 128 valence electrons. The van der Waals surface area contributed by atoms with Gasteiger partial charge in [-0.05, 0) is 53.4 Å². The second kappa shape index (κ2) is 8.47. The van der Waals surface area contributed by atoms with E-state index in [1.807, 2.05) is 29.8 Å². The quantitative estimate of drug-likeness (QED) is 0.699.